The van der Waals surface area contributed by atoms with Crippen molar-refractivity contribution in [2.45, 2.75) is 38.3 Å². The normalized spacial score (nSPS) is 19.0. The highest BCUT2D eigenvalue weighted by Gasteiger charge is 2.32. The predicted octanol–water partition coefficient (Wildman–Crippen LogP) is 3.88. The first kappa shape index (κ1) is 29.5. The van der Waals surface area contributed by atoms with Gasteiger partial charge in [0, 0.05) is 31.1 Å². The maximum Gasteiger partial charge on any atom is 0.319 e. The summed E-state index contributed by atoms with van der Waals surface area (Å²) in [7, 11) is 2.06. The van der Waals surface area contributed by atoms with Crippen molar-refractivity contribution in [2.75, 3.05) is 44.7 Å². The zero-order chi connectivity index (χ0) is 31.0. The number of amides is 1. The molecule has 1 amide bonds. The van der Waals surface area contributed by atoms with Crippen LogP contribution in [0.25, 0.3) is 27.5 Å². The number of nitrogens with zero attached hydrogens (tertiary/aromatic N) is 8. The number of nitriles is 1. The molecule has 2 saturated heterocycles. The maximum atomic E-state index is 14.4. The molecule has 0 spiro atoms. The number of carbonyl (C=O) groups excluding carboxylic acids is 1. The van der Waals surface area contributed by atoms with Crippen molar-refractivity contribution in [2.24, 2.45) is 0 Å². The largest absolute Gasteiger partial charge is 0.462 e. The minimum atomic E-state index is -0.389. The van der Waals surface area contributed by atoms with E-state index in [0.29, 0.717) is 54.1 Å². The van der Waals surface area contributed by atoms with Gasteiger partial charge in [0.25, 0.3) is 5.56 Å². The molecule has 226 valence electrons. The predicted molar refractivity (Wildman–Crippen MR) is 169 cm³/mol. The van der Waals surface area contributed by atoms with Crippen LogP contribution in [0.1, 0.15) is 25.1 Å². The third-order valence-electron chi connectivity index (χ3n) is 8.56. The van der Waals surface area contributed by atoms with Crippen LogP contribution in [-0.2, 0) is 4.79 Å². The fourth-order valence-electron chi connectivity index (χ4n) is 6.27. The van der Waals surface area contributed by atoms with Gasteiger partial charge in [-0.2, -0.15) is 15.2 Å². The summed E-state index contributed by atoms with van der Waals surface area (Å²) in [6.45, 7) is 7.85. The van der Waals surface area contributed by atoms with Gasteiger partial charge in [-0.05, 0) is 57.0 Å². The molecule has 2 atom stereocenters. The van der Waals surface area contributed by atoms with Crippen molar-refractivity contribution >= 4 is 45.1 Å². The van der Waals surface area contributed by atoms with Crippen LogP contribution in [0, 0.1) is 18.3 Å². The third-order valence-corrected chi connectivity index (χ3v) is 8.88. The second-order valence-electron chi connectivity index (χ2n) is 11.2. The topological polar surface area (TPSA) is 120 Å². The molecular weight excluding hydrogens is 580 g/mol. The molecule has 0 bridgehead atoms. The zero-order valence-corrected chi connectivity index (χ0v) is 25.5. The first-order valence-corrected chi connectivity index (χ1v) is 15.1. The minimum Gasteiger partial charge on any atom is -0.462 e. The molecule has 0 N–H and O–H groups in total. The number of halogens is 1. The van der Waals surface area contributed by atoms with Gasteiger partial charge in [-0.15, -0.1) is 0 Å². The average Bonchev–Trinajstić information content (AvgIpc) is 3.44. The Hall–Kier alpha value is -4.53. The summed E-state index contributed by atoms with van der Waals surface area (Å²) < 4.78 is 7.68. The number of fused-ring (bicyclic) bond motifs is 2. The summed E-state index contributed by atoms with van der Waals surface area (Å²) in [5.74, 6) is 0.643. The standard InChI is InChI=1S/C32H33ClN8O3/c1-4-26(42)40-17-16-39(18-22(40)13-14-34)30-28-29(36-32(37-30)44-19-23-10-7-15-38(23)3)31(43)41(20(2)35-28)25-12-6-9-21-8-5-11-24(33)27(21)25/h4-6,8-9,11-12,22-23H,1,7,10,13,15-19H2,2-3H3/t22-,23-/m0/s1. The SMILES string of the molecule is C=CC(=O)N1CCN(c2nc(OC[C@@H]3CCCN3C)nc3c(=O)n(-c4cccc5cccc(Cl)c45)c(C)nc23)C[C@@H]1CC#N. The molecule has 6 rings (SSSR count). The Balaban J connectivity index is 1.50. The smallest absolute Gasteiger partial charge is 0.319 e. The molecule has 11 nitrogen and oxygen atoms in total. The Kier molecular flexibility index (Phi) is 8.21. The lowest BCUT2D eigenvalue weighted by Gasteiger charge is -2.40. The Morgan fingerprint density at radius 3 is 2.66 bits per heavy atom. The number of anilines is 1. The molecular formula is C32H33ClN8O3. The van der Waals surface area contributed by atoms with Crippen LogP contribution < -0.4 is 15.2 Å². The van der Waals surface area contributed by atoms with Crippen molar-refractivity contribution < 1.29 is 9.53 Å². The maximum absolute atomic E-state index is 14.4. The number of hydrogen-bond acceptors (Lipinski definition) is 9. The summed E-state index contributed by atoms with van der Waals surface area (Å²) in [5, 5.41) is 11.7. The minimum absolute atomic E-state index is 0.0829. The number of aromatic nitrogens is 4. The summed E-state index contributed by atoms with van der Waals surface area (Å²) in [5.41, 5.74) is 0.673. The number of rotatable bonds is 7. The molecule has 0 unspecified atom stereocenters. The van der Waals surface area contributed by atoms with E-state index < -0.39 is 0 Å². The Morgan fingerprint density at radius 2 is 1.93 bits per heavy atom. The number of piperazine rings is 1. The lowest BCUT2D eigenvalue weighted by Crippen LogP contribution is -2.55. The summed E-state index contributed by atoms with van der Waals surface area (Å²) >= 11 is 6.64. The van der Waals surface area contributed by atoms with E-state index in [1.54, 1.807) is 17.9 Å². The van der Waals surface area contributed by atoms with Crippen molar-refractivity contribution in [3.05, 3.63) is 70.3 Å². The molecule has 0 saturated carbocycles. The van der Waals surface area contributed by atoms with Crippen molar-refractivity contribution in [1.29, 1.82) is 5.26 Å². The number of carbonyl (C=O) groups is 1. The molecule has 4 aromatic rings. The van der Waals surface area contributed by atoms with Gasteiger partial charge in [-0.1, -0.05) is 42.4 Å². The molecule has 2 aliphatic heterocycles. The number of benzene rings is 2. The van der Waals surface area contributed by atoms with Gasteiger partial charge in [-0.25, -0.2) is 4.98 Å². The van der Waals surface area contributed by atoms with E-state index in [1.165, 1.54) is 10.6 Å². The Labute approximate surface area is 259 Å². The highest BCUT2D eigenvalue weighted by molar-refractivity contribution is 6.36. The summed E-state index contributed by atoms with van der Waals surface area (Å²) in [6, 6.07) is 13.4. The molecule has 2 aliphatic rings. The van der Waals surface area contributed by atoms with Crippen LogP contribution in [0.2, 0.25) is 5.02 Å². The van der Waals surface area contributed by atoms with E-state index in [1.807, 2.05) is 35.2 Å². The highest BCUT2D eigenvalue weighted by Crippen LogP contribution is 2.31. The van der Waals surface area contributed by atoms with E-state index in [4.69, 9.17) is 26.3 Å². The van der Waals surface area contributed by atoms with Crippen LogP contribution in [0.15, 0.2) is 53.8 Å². The number of hydrogen-bond donors (Lipinski definition) is 0. The lowest BCUT2D eigenvalue weighted by molar-refractivity contribution is -0.128. The van der Waals surface area contributed by atoms with Crippen molar-refractivity contribution in [3.8, 4) is 17.8 Å². The highest BCUT2D eigenvalue weighted by atomic mass is 35.5. The fourth-order valence-corrected chi connectivity index (χ4v) is 6.55. The fraction of sp³-hybridized carbons (Fsp3) is 0.375. The lowest BCUT2D eigenvalue weighted by atomic mass is 10.1. The van der Waals surface area contributed by atoms with Crippen LogP contribution in [0.3, 0.4) is 0 Å². The van der Waals surface area contributed by atoms with Gasteiger partial charge in [0.15, 0.2) is 11.3 Å². The number of aryl methyl sites for hydroxylation is 1. The van der Waals surface area contributed by atoms with E-state index in [9.17, 15) is 14.9 Å². The number of likely N-dealkylation sites (tertiary alicyclic amines) is 1. The Bertz CT molecular complexity index is 1860. The molecule has 4 heterocycles. The molecule has 12 heteroatoms. The first-order valence-electron chi connectivity index (χ1n) is 14.7. The third kappa shape index (κ3) is 5.36. The monoisotopic (exact) mass is 612 g/mol. The van der Waals surface area contributed by atoms with E-state index in [-0.39, 0.29) is 41.5 Å². The zero-order valence-electron chi connectivity index (χ0n) is 24.7. The van der Waals surface area contributed by atoms with Crippen molar-refractivity contribution in [3.63, 3.8) is 0 Å². The van der Waals surface area contributed by atoms with Crippen LogP contribution in [0.4, 0.5) is 5.82 Å². The number of likely N-dealkylation sites (N-methyl/N-ethyl adjacent to an activating group) is 1. The van der Waals surface area contributed by atoms with Crippen LogP contribution in [-0.4, -0.2) is 87.1 Å². The second-order valence-corrected chi connectivity index (χ2v) is 11.6. The molecule has 2 aromatic heterocycles. The van der Waals surface area contributed by atoms with Gasteiger partial charge >= 0.3 is 6.01 Å². The average molecular weight is 613 g/mol. The van der Waals surface area contributed by atoms with Crippen molar-refractivity contribution in [1.82, 2.24) is 29.3 Å². The molecule has 2 aromatic carbocycles. The van der Waals surface area contributed by atoms with Gasteiger partial charge in [0.1, 0.15) is 17.9 Å². The quantitative estimate of drug-likeness (QED) is 0.286. The molecule has 44 heavy (non-hydrogen) atoms. The molecule has 2 fully saturated rings. The van der Waals surface area contributed by atoms with Gasteiger partial charge < -0.3 is 19.4 Å². The Morgan fingerprint density at radius 1 is 1.14 bits per heavy atom. The van der Waals surface area contributed by atoms with Gasteiger partial charge in [0.2, 0.25) is 5.91 Å². The van der Waals surface area contributed by atoms with E-state index >= 15 is 0 Å². The van der Waals surface area contributed by atoms with Crippen LogP contribution in [0.5, 0.6) is 6.01 Å². The summed E-state index contributed by atoms with van der Waals surface area (Å²) in [6.07, 6.45) is 3.49. The first-order chi connectivity index (χ1) is 21.3. The van der Waals surface area contributed by atoms with Gasteiger partial charge in [-0.3, -0.25) is 14.2 Å². The molecule has 0 aliphatic carbocycles. The number of ether oxygens (including phenoxy) is 1. The van der Waals surface area contributed by atoms with E-state index in [2.05, 4.69) is 29.6 Å². The van der Waals surface area contributed by atoms with Gasteiger partial charge in [0.05, 0.1) is 29.2 Å². The second kappa shape index (κ2) is 12.2. The van der Waals surface area contributed by atoms with Crippen LogP contribution >= 0.6 is 11.6 Å². The summed E-state index contributed by atoms with van der Waals surface area (Å²) in [4.78, 5) is 47.0. The molecule has 0 radical (unpaired) electrons. The van der Waals surface area contributed by atoms with E-state index in [0.717, 1.165) is 30.2 Å².